The van der Waals surface area contributed by atoms with Gasteiger partial charge in [-0.15, -0.1) is 0 Å². The van der Waals surface area contributed by atoms with E-state index in [0.29, 0.717) is 11.4 Å². The number of nitrogens with zero attached hydrogens (tertiary/aromatic N) is 2. The van der Waals surface area contributed by atoms with E-state index in [1.54, 1.807) is 13.1 Å². The summed E-state index contributed by atoms with van der Waals surface area (Å²) in [6.07, 6.45) is 4.03. The van der Waals surface area contributed by atoms with Crippen molar-refractivity contribution >= 4 is 11.7 Å². The third-order valence-corrected chi connectivity index (χ3v) is 2.41. The van der Waals surface area contributed by atoms with Crippen molar-refractivity contribution in [2.45, 2.75) is 20.3 Å². The van der Waals surface area contributed by atoms with Gasteiger partial charge < -0.3 is 5.32 Å². The number of nitrogens with one attached hydrogen (secondary N) is 3. The molecule has 2 aromatic heterocycles. The molecule has 2 heterocycles. The van der Waals surface area contributed by atoms with Crippen LogP contribution >= 0.6 is 0 Å². The van der Waals surface area contributed by atoms with E-state index in [0.717, 1.165) is 17.7 Å². The molecular formula is C10H13N5O. The Morgan fingerprint density at radius 3 is 2.75 bits per heavy atom. The molecule has 0 aliphatic heterocycles. The van der Waals surface area contributed by atoms with Gasteiger partial charge in [0.15, 0.2) is 0 Å². The second kappa shape index (κ2) is 4.18. The largest absolute Gasteiger partial charge is 0.307 e. The van der Waals surface area contributed by atoms with Gasteiger partial charge >= 0.3 is 0 Å². The molecule has 6 heteroatoms. The molecule has 0 aliphatic carbocycles. The maximum Gasteiger partial charge on any atom is 0.260 e. The lowest BCUT2D eigenvalue weighted by Crippen LogP contribution is -2.13. The Kier molecular flexibility index (Phi) is 2.72. The Morgan fingerprint density at radius 2 is 2.12 bits per heavy atom. The van der Waals surface area contributed by atoms with E-state index in [1.165, 1.54) is 6.20 Å². The first kappa shape index (κ1) is 10.4. The summed E-state index contributed by atoms with van der Waals surface area (Å²) in [5, 5.41) is 15.9. The van der Waals surface area contributed by atoms with E-state index in [2.05, 4.69) is 25.7 Å². The molecule has 0 atom stereocenters. The lowest BCUT2D eigenvalue weighted by Gasteiger charge is -2.03. The van der Waals surface area contributed by atoms with Crippen LogP contribution < -0.4 is 5.32 Å². The Hall–Kier alpha value is -2.11. The highest BCUT2D eigenvalue weighted by molar-refractivity contribution is 6.04. The van der Waals surface area contributed by atoms with Gasteiger partial charge in [0.1, 0.15) is 5.82 Å². The maximum absolute atomic E-state index is 11.8. The number of rotatable bonds is 3. The maximum atomic E-state index is 11.8. The van der Waals surface area contributed by atoms with Gasteiger partial charge in [0.2, 0.25) is 0 Å². The average molecular weight is 219 g/mol. The van der Waals surface area contributed by atoms with Gasteiger partial charge in [0.05, 0.1) is 18.0 Å². The highest BCUT2D eigenvalue weighted by Gasteiger charge is 2.13. The van der Waals surface area contributed by atoms with Crippen molar-refractivity contribution in [1.82, 2.24) is 20.4 Å². The first-order valence-corrected chi connectivity index (χ1v) is 5.06. The minimum atomic E-state index is -0.190. The molecule has 2 rings (SSSR count). The molecule has 0 saturated carbocycles. The summed E-state index contributed by atoms with van der Waals surface area (Å²) in [6.45, 7) is 3.80. The van der Waals surface area contributed by atoms with E-state index in [1.807, 2.05) is 6.92 Å². The first-order chi connectivity index (χ1) is 7.72. The molecule has 0 bridgehead atoms. The van der Waals surface area contributed by atoms with Crippen molar-refractivity contribution in [2.75, 3.05) is 5.32 Å². The smallest absolute Gasteiger partial charge is 0.260 e. The van der Waals surface area contributed by atoms with Gasteiger partial charge in [-0.3, -0.25) is 15.0 Å². The van der Waals surface area contributed by atoms with Crippen LogP contribution in [0.5, 0.6) is 0 Å². The second-order valence-corrected chi connectivity index (χ2v) is 3.49. The summed E-state index contributed by atoms with van der Waals surface area (Å²) in [6, 6.07) is 0. The van der Waals surface area contributed by atoms with Crippen LogP contribution in [-0.2, 0) is 6.42 Å². The second-order valence-electron chi connectivity index (χ2n) is 3.49. The van der Waals surface area contributed by atoms with Crippen molar-refractivity contribution in [3.05, 3.63) is 29.2 Å². The van der Waals surface area contributed by atoms with Gasteiger partial charge in [-0.25, -0.2) is 0 Å². The van der Waals surface area contributed by atoms with Crippen LogP contribution in [0.4, 0.5) is 5.82 Å². The van der Waals surface area contributed by atoms with E-state index >= 15 is 0 Å². The van der Waals surface area contributed by atoms with Crippen molar-refractivity contribution in [3.8, 4) is 0 Å². The van der Waals surface area contributed by atoms with Crippen LogP contribution in [-0.4, -0.2) is 26.3 Å². The van der Waals surface area contributed by atoms with E-state index in [9.17, 15) is 4.79 Å². The van der Waals surface area contributed by atoms with Crippen molar-refractivity contribution in [2.24, 2.45) is 0 Å². The number of carbonyl (C=O) groups is 1. The Labute approximate surface area is 92.5 Å². The molecule has 6 nitrogen and oxygen atoms in total. The summed E-state index contributed by atoms with van der Waals surface area (Å²) in [5.41, 5.74) is 2.27. The van der Waals surface area contributed by atoms with E-state index in [-0.39, 0.29) is 5.91 Å². The van der Waals surface area contributed by atoms with Gasteiger partial charge in [-0.2, -0.15) is 10.2 Å². The highest BCUT2D eigenvalue weighted by Crippen LogP contribution is 2.13. The minimum Gasteiger partial charge on any atom is -0.307 e. The first-order valence-electron chi connectivity index (χ1n) is 5.06. The molecule has 0 aliphatic rings. The molecule has 0 fully saturated rings. The zero-order valence-electron chi connectivity index (χ0n) is 9.16. The standard InChI is InChI=1S/C10H13N5O/c1-3-7-4-11-15-9(7)13-10(16)8-5-12-14-6(8)2/h4-5H,3H2,1-2H3,(H,12,14)(H2,11,13,15,16). The number of hydrogen-bond donors (Lipinski definition) is 3. The SMILES string of the molecule is CCc1cn[nH]c1NC(=O)c1cn[nH]c1C. The molecule has 3 N–H and O–H groups in total. The van der Waals surface area contributed by atoms with Crippen LogP contribution in [0.3, 0.4) is 0 Å². The number of aryl methyl sites for hydroxylation is 2. The summed E-state index contributed by atoms with van der Waals surface area (Å²) < 4.78 is 0. The molecule has 0 spiro atoms. The van der Waals surface area contributed by atoms with Crippen molar-refractivity contribution in [1.29, 1.82) is 0 Å². The summed E-state index contributed by atoms with van der Waals surface area (Å²) in [5.74, 6) is 0.457. The molecule has 0 saturated heterocycles. The van der Waals surface area contributed by atoms with Gasteiger partial charge in [0.25, 0.3) is 5.91 Å². The quantitative estimate of drug-likeness (QED) is 0.726. The molecule has 1 amide bonds. The Morgan fingerprint density at radius 1 is 1.38 bits per heavy atom. The van der Waals surface area contributed by atoms with E-state index in [4.69, 9.17) is 0 Å². The van der Waals surface area contributed by atoms with E-state index < -0.39 is 0 Å². The summed E-state index contributed by atoms with van der Waals surface area (Å²) in [4.78, 5) is 11.8. The zero-order valence-corrected chi connectivity index (χ0v) is 9.16. The minimum absolute atomic E-state index is 0.190. The Bertz CT molecular complexity index is 499. The number of carbonyl (C=O) groups excluding carboxylic acids is 1. The Balaban J connectivity index is 2.17. The van der Waals surface area contributed by atoms with Gasteiger partial charge in [-0.1, -0.05) is 6.92 Å². The number of anilines is 1. The monoisotopic (exact) mass is 219 g/mol. The van der Waals surface area contributed by atoms with Crippen LogP contribution in [0.2, 0.25) is 0 Å². The number of amides is 1. The predicted octanol–water partition coefficient (Wildman–Crippen LogP) is 1.26. The summed E-state index contributed by atoms with van der Waals surface area (Å²) >= 11 is 0. The fraction of sp³-hybridized carbons (Fsp3) is 0.300. The van der Waals surface area contributed by atoms with Crippen LogP contribution in [0.25, 0.3) is 0 Å². The third kappa shape index (κ3) is 1.81. The van der Waals surface area contributed by atoms with Gasteiger partial charge in [-0.05, 0) is 13.3 Å². The average Bonchev–Trinajstić information content (AvgIpc) is 2.86. The number of aromatic nitrogens is 4. The molecule has 16 heavy (non-hydrogen) atoms. The molecule has 84 valence electrons. The van der Waals surface area contributed by atoms with Crippen molar-refractivity contribution in [3.63, 3.8) is 0 Å². The van der Waals surface area contributed by atoms with Gasteiger partial charge in [0, 0.05) is 11.3 Å². The zero-order chi connectivity index (χ0) is 11.5. The van der Waals surface area contributed by atoms with Crippen LogP contribution in [0.15, 0.2) is 12.4 Å². The molecule has 0 unspecified atom stereocenters. The lowest BCUT2D eigenvalue weighted by atomic mass is 10.2. The normalized spacial score (nSPS) is 10.4. The third-order valence-electron chi connectivity index (χ3n) is 2.41. The molecular weight excluding hydrogens is 206 g/mol. The molecule has 0 aromatic carbocycles. The lowest BCUT2D eigenvalue weighted by molar-refractivity contribution is 0.102. The fourth-order valence-electron chi connectivity index (χ4n) is 1.45. The molecule has 0 radical (unpaired) electrons. The predicted molar refractivity (Wildman–Crippen MR) is 59.2 cm³/mol. The number of H-pyrrole nitrogens is 2. The topological polar surface area (TPSA) is 86.5 Å². The molecule has 2 aromatic rings. The van der Waals surface area contributed by atoms with Crippen LogP contribution in [0.1, 0.15) is 28.5 Å². The van der Waals surface area contributed by atoms with Crippen molar-refractivity contribution < 1.29 is 4.79 Å². The fourth-order valence-corrected chi connectivity index (χ4v) is 1.45. The highest BCUT2D eigenvalue weighted by atomic mass is 16.1. The number of hydrogen-bond acceptors (Lipinski definition) is 3. The number of aromatic amines is 2. The van der Waals surface area contributed by atoms with Crippen LogP contribution in [0, 0.1) is 6.92 Å². The summed E-state index contributed by atoms with van der Waals surface area (Å²) in [7, 11) is 0.